The smallest absolute Gasteiger partial charge is 0.314 e. The predicted octanol–water partition coefficient (Wildman–Crippen LogP) is 0.486. The molecule has 1 unspecified atom stereocenters. The van der Waals surface area contributed by atoms with E-state index in [4.69, 9.17) is 4.74 Å². The first kappa shape index (κ1) is 14.6. The van der Waals surface area contributed by atoms with Crippen LogP contribution in [0.15, 0.2) is 24.3 Å². The van der Waals surface area contributed by atoms with Crippen molar-refractivity contribution in [2.75, 3.05) is 44.8 Å². The van der Waals surface area contributed by atoms with Crippen LogP contribution in [0.4, 0.5) is 10.5 Å². The average molecular weight is 279 g/mol. The second-order valence-corrected chi connectivity index (χ2v) is 4.67. The van der Waals surface area contributed by atoms with Gasteiger partial charge < -0.3 is 25.4 Å². The lowest BCUT2D eigenvalue weighted by molar-refractivity contribution is 0.122. The van der Waals surface area contributed by atoms with E-state index in [2.05, 4.69) is 15.5 Å². The number of morpholine rings is 1. The largest absolute Gasteiger partial charge is 0.387 e. The van der Waals surface area contributed by atoms with Gasteiger partial charge in [-0.05, 0) is 17.7 Å². The molecule has 6 nitrogen and oxygen atoms in total. The monoisotopic (exact) mass is 279 g/mol. The summed E-state index contributed by atoms with van der Waals surface area (Å²) in [5.74, 6) is 0. The maximum absolute atomic E-state index is 11.1. The lowest BCUT2D eigenvalue weighted by atomic mass is 10.1. The molecule has 0 aliphatic carbocycles. The molecule has 20 heavy (non-hydrogen) atoms. The number of nitrogens with zero attached hydrogens (tertiary/aromatic N) is 1. The third-order valence-corrected chi connectivity index (χ3v) is 3.34. The Morgan fingerprint density at radius 2 is 2.00 bits per heavy atom. The molecule has 1 heterocycles. The molecule has 110 valence electrons. The molecule has 0 bridgehead atoms. The third kappa shape index (κ3) is 3.85. The molecule has 1 fully saturated rings. The number of benzene rings is 1. The summed E-state index contributed by atoms with van der Waals surface area (Å²) in [5, 5.41) is 15.0. The standard InChI is InChI=1S/C14H21N3O3/c1-15-14(19)16-10-13(18)11-2-4-12(5-3-11)17-6-8-20-9-7-17/h2-5,13,18H,6-10H2,1H3,(H2,15,16,19). The maximum Gasteiger partial charge on any atom is 0.314 e. The van der Waals surface area contributed by atoms with Crippen molar-refractivity contribution in [3.8, 4) is 0 Å². The van der Waals surface area contributed by atoms with E-state index in [1.807, 2.05) is 24.3 Å². The van der Waals surface area contributed by atoms with E-state index in [-0.39, 0.29) is 12.6 Å². The second kappa shape index (κ2) is 7.12. The molecular weight excluding hydrogens is 258 g/mol. The van der Waals surface area contributed by atoms with E-state index in [0.29, 0.717) is 0 Å². The summed E-state index contributed by atoms with van der Waals surface area (Å²) in [5.41, 5.74) is 1.92. The molecule has 0 aromatic heterocycles. The molecule has 1 aliphatic rings. The van der Waals surface area contributed by atoms with Crippen molar-refractivity contribution in [3.63, 3.8) is 0 Å². The normalized spacial score (nSPS) is 16.6. The summed E-state index contributed by atoms with van der Waals surface area (Å²) in [6.07, 6.45) is -0.703. The highest BCUT2D eigenvalue weighted by Crippen LogP contribution is 2.19. The predicted molar refractivity (Wildman–Crippen MR) is 76.9 cm³/mol. The van der Waals surface area contributed by atoms with Crippen LogP contribution < -0.4 is 15.5 Å². The number of aliphatic hydroxyl groups excluding tert-OH is 1. The van der Waals surface area contributed by atoms with Gasteiger partial charge in [0.25, 0.3) is 0 Å². The Kier molecular flexibility index (Phi) is 5.20. The lowest BCUT2D eigenvalue weighted by Crippen LogP contribution is -2.36. The molecule has 1 atom stereocenters. The Labute approximate surface area is 118 Å². The SMILES string of the molecule is CNC(=O)NCC(O)c1ccc(N2CCOCC2)cc1. The Hall–Kier alpha value is -1.79. The average Bonchev–Trinajstić information content (AvgIpc) is 2.53. The summed E-state index contributed by atoms with van der Waals surface area (Å²) in [6, 6.07) is 7.46. The Morgan fingerprint density at radius 1 is 1.35 bits per heavy atom. The topological polar surface area (TPSA) is 73.8 Å². The molecule has 1 aromatic carbocycles. The van der Waals surface area contributed by atoms with Crippen molar-refractivity contribution in [1.82, 2.24) is 10.6 Å². The van der Waals surface area contributed by atoms with Crippen LogP contribution in [-0.4, -0.2) is 51.0 Å². The Bertz CT molecular complexity index is 430. The number of anilines is 1. The molecule has 0 radical (unpaired) electrons. The second-order valence-electron chi connectivity index (χ2n) is 4.67. The van der Waals surface area contributed by atoms with Crippen molar-refractivity contribution < 1.29 is 14.6 Å². The molecule has 0 saturated carbocycles. The number of ether oxygens (including phenoxy) is 1. The molecule has 0 spiro atoms. The van der Waals surface area contributed by atoms with Crippen molar-refractivity contribution in [1.29, 1.82) is 0 Å². The third-order valence-electron chi connectivity index (χ3n) is 3.34. The number of hydrogen-bond acceptors (Lipinski definition) is 4. The minimum atomic E-state index is -0.703. The van der Waals surface area contributed by atoms with Gasteiger partial charge in [0, 0.05) is 32.4 Å². The summed E-state index contributed by atoms with van der Waals surface area (Å²) in [7, 11) is 1.54. The van der Waals surface area contributed by atoms with Gasteiger partial charge in [-0.25, -0.2) is 4.79 Å². The first-order chi connectivity index (χ1) is 9.70. The minimum Gasteiger partial charge on any atom is -0.387 e. The van der Waals surface area contributed by atoms with Crippen LogP contribution in [-0.2, 0) is 4.74 Å². The van der Waals surface area contributed by atoms with Gasteiger partial charge in [-0.2, -0.15) is 0 Å². The molecule has 2 amide bonds. The molecule has 3 N–H and O–H groups in total. The van der Waals surface area contributed by atoms with Crippen molar-refractivity contribution in [2.24, 2.45) is 0 Å². The minimum absolute atomic E-state index is 0.191. The fourth-order valence-electron chi connectivity index (χ4n) is 2.12. The fourth-order valence-corrected chi connectivity index (χ4v) is 2.12. The van der Waals surface area contributed by atoms with Gasteiger partial charge >= 0.3 is 6.03 Å². The van der Waals surface area contributed by atoms with Crippen molar-refractivity contribution in [3.05, 3.63) is 29.8 Å². The molecule has 1 aromatic rings. The quantitative estimate of drug-likeness (QED) is 0.750. The van der Waals surface area contributed by atoms with Gasteiger partial charge in [0.2, 0.25) is 0 Å². The number of rotatable bonds is 4. The van der Waals surface area contributed by atoms with Gasteiger partial charge in [0.1, 0.15) is 0 Å². The first-order valence-corrected chi connectivity index (χ1v) is 6.77. The van der Waals surface area contributed by atoms with Crippen LogP contribution in [0.3, 0.4) is 0 Å². The van der Waals surface area contributed by atoms with Crippen LogP contribution in [0.1, 0.15) is 11.7 Å². The molecule has 1 aliphatic heterocycles. The van der Waals surface area contributed by atoms with Gasteiger partial charge in [-0.3, -0.25) is 0 Å². The molecular formula is C14H21N3O3. The van der Waals surface area contributed by atoms with E-state index in [0.717, 1.165) is 37.6 Å². The zero-order chi connectivity index (χ0) is 14.4. The summed E-state index contributed by atoms with van der Waals surface area (Å²) in [4.78, 5) is 13.3. The van der Waals surface area contributed by atoms with Crippen LogP contribution in [0, 0.1) is 0 Å². The number of carbonyl (C=O) groups excluding carboxylic acids is 1. The van der Waals surface area contributed by atoms with E-state index >= 15 is 0 Å². The van der Waals surface area contributed by atoms with Crippen LogP contribution >= 0.6 is 0 Å². The highest BCUT2D eigenvalue weighted by atomic mass is 16.5. The van der Waals surface area contributed by atoms with Gasteiger partial charge in [-0.15, -0.1) is 0 Å². The number of aliphatic hydroxyl groups is 1. The molecule has 2 rings (SSSR count). The zero-order valence-corrected chi connectivity index (χ0v) is 11.6. The fraction of sp³-hybridized carbons (Fsp3) is 0.500. The van der Waals surface area contributed by atoms with Crippen molar-refractivity contribution in [2.45, 2.75) is 6.10 Å². The number of urea groups is 1. The number of carbonyl (C=O) groups is 1. The van der Waals surface area contributed by atoms with Crippen LogP contribution in [0.5, 0.6) is 0 Å². The highest BCUT2D eigenvalue weighted by molar-refractivity contribution is 5.73. The maximum atomic E-state index is 11.1. The van der Waals surface area contributed by atoms with Gasteiger partial charge in [0.15, 0.2) is 0 Å². The zero-order valence-electron chi connectivity index (χ0n) is 11.6. The molecule has 6 heteroatoms. The number of hydrogen-bond donors (Lipinski definition) is 3. The van der Waals surface area contributed by atoms with E-state index < -0.39 is 6.10 Å². The summed E-state index contributed by atoms with van der Waals surface area (Å²) >= 11 is 0. The lowest BCUT2D eigenvalue weighted by Gasteiger charge is -2.29. The first-order valence-electron chi connectivity index (χ1n) is 6.77. The Balaban J connectivity index is 1.91. The summed E-state index contributed by atoms with van der Waals surface area (Å²) in [6.45, 7) is 3.47. The van der Waals surface area contributed by atoms with E-state index in [9.17, 15) is 9.90 Å². The number of amides is 2. The van der Waals surface area contributed by atoms with Crippen molar-refractivity contribution >= 4 is 11.7 Å². The Morgan fingerprint density at radius 3 is 2.60 bits per heavy atom. The van der Waals surface area contributed by atoms with Crippen LogP contribution in [0.25, 0.3) is 0 Å². The van der Waals surface area contributed by atoms with Crippen LogP contribution in [0.2, 0.25) is 0 Å². The number of nitrogens with one attached hydrogen (secondary N) is 2. The van der Waals surface area contributed by atoms with E-state index in [1.165, 1.54) is 0 Å². The molecule has 1 saturated heterocycles. The highest BCUT2D eigenvalue weighted by Gasteiger charge is 2.13. The van der Waals surface area contributed by atoms with E-state index in [1.54, 1.807) is 7.05 Å². The summed E-state index contributed by atoms with van der Waals surface area (Å²) < 4.78 is 5.32. The van der Waals surface area contributed by atoms with Gasteiger partial charge in [-0.1, -0.05) is 12.1 Å². The van der Waals surface area contributed by atoms with Gasteiger partial charge in [0.05, 0.1) is 19.3 Å².